The molecule has 3 heteroatoms. The van der Waals surface area contributed by atoms with E-state index in [-0.39, 0.29) is 5.78 Å². The molecule has 3 nitrogen and oxygen atoms in total. The molecule has 0 saturated carbocycles. The first-order chi connectivity index (χ1) is 7.82. The van der Waals surface area contributed by atoms with Gasteiger partial charge < -0.3 is 4.98 Å². The smallest absolute Gasteiger partial charge is 0.178 e. The summed E-state index contributed by atoms with van der Waals surface area (Å²) in [6.07, 6.45) is 0. The molecule has 0 spiro atoms. The van der Waals surface area contributed by atoms with Gasteiger partial charge in [0.25, 0.3) is 0 Å². The average molecular weight is 236 g/mol. The van der Waals surface area contributed by atoms with Gasteiger partial charge in [-0.3, -0.25) is 9.69 Å². The minimum absolute atomic E-state index is 0.196. The number of Topliss-reactive ketones (excluding diaryl/α,β-unsaturated/α-hetero) is 1. The minimum atomic E-state index is 0.196. The van der Waals surface area contributed by atoms with Crippen LogP contribution in [0.15, 0.2) is 6.07 Å². The van der Waals surface area contributed by atoms with Crippen LogP contribution < -0.4 is 0 Å². The highest BCUT2D eigenvalue weighted by atomic mass is 16.1. The number of carbonyl (C=O) groups excluding carboxylic acids is 1. The lowest BCUT2D eigenvalue weighted by Gasteiger charge is -2.27. The Bertz CT molecular complexity index is 393. The van der Waals surface area contributed by atoms with Crippen LogP contribution in [0.5, 0.6) is 0 Å². The summed E-state index contributed by atoms with van der Waals surface area (Å²) in [5.41, 5.74) is 2.84. The highest BCUT2D eigenvalue weighted by Crippen LogP contribution is 2.13. The fraction of sp³-hybridized carbons (Fsp3) is 0.643. The fourth-order valence-electron chi connectivity index (χ4n) is 1.98. The summed E-state index contributed by atoms with van der Waals surface area (Å²) in [6, 6.07) is 2.35. The maximum Gasteiger partial charge on any atom is 0.178 e. The molecule has 1 N–H and O–H groups in total. The van der Waals surface area contributed by atoms with Gasteiger partial charge in [-0.05, 0) is 39.8 Å². The van der Waals surface area contributed by atoms with Crippen LogP contribution in [0.3, 0.4) is 0 Å². The van der Waals surface area contributed by atoms with E-state index in [1.165, 1.54) is 0 Å². The summed E-state index contributed by atoms with van der Waals surface area (Å²) in [5.74, 6) is 0.753. The summed E-state index contributed by atoms with van der Waals surface area (Å²) in [7, 11) is 2.01. The van der Waals surface area contributed by atoms with Crippen molar-refractivity contribution in [3.8, 4) is 0 Å². The van der Waals surface area contributed by atoms with E-state index in [1.54, 1.807) is 0 Å². The normalized spacial score (nSPS) is 13.4. The van der Waals surface area contributed by atoms with Crippen molar-refractivity contribution in [1.29, 1.82) is 0 Å². The van der Waals surface area contributed by atoms with Crippen molar-refractivity contribution in [3.63, 3.8) is 0 Å². The molecule has 1 aromatic rings. The number of aromatic nitrogens is 1. The monoisotopic (exact) mass is 236 g/mol. The van der Waals surface area contributed by atoms with E-state index in [1.807, 2.05) is 27.0 Å². The van der Waals surface area contributed by atoms with Gasteiger partial charge >= 0.3 is 0 Å². The summed E-state index contributed by atoms with van der Waals surface area (Å²) < 4.78 is 0. The summed E-state index contributed by atoms with van der Waals surface area (Å²) in [6.45, 7) is 10.9. The summed E-state index contributed by atoms with van der Waals surface area (Å²) in [5, 5.41) is 0. The number of H-pyrrole nitrogens is 1. The number of ketones is 1. The van der Waals surface area contributed by atoms with Gasteiger partial charge in [0.2, 0.25) is 0 Å². The van der Waals surface area contributed by atoms with Gasteiger partial charge in [0.15, 0.2) is 5.78 Å². The molecule has 0 radical (unpaired) electrons. The largest absolute Gasteiger partial charge is 0.362 e. The van der Waals surface area contributed by atoms with Gasteiger partial charge in [0.05, 0.1) is 6.54 Å². The van der Waals surface area contributed by atoms with Crippen LogP contribution in [0.4, 0.5) is 0 Å². The van der Waals surface area contributed by atoms with Gasteiger partial charge in [0, 0.05) is 23.0 Å². The number of likely N-dealkylation sites (N-methyl/N-ethyl adjacent to an activating group) is 1. The van der Waals surface area contributed by atoms with E-state index in [4.69, 9.17) is 0 Å². The van der Waals surface area contributed by atoms with E-state index in [0.29, 0.717) is 18.5 Å². The van der Waals surface area contributed by atoms with Crippen molar-refractivity contribution < 1.29 is 4.79 Å². The average Bonchev–Trinajstić information content (AvgIpc) is 2.56. The number of nitrogens with zero attached hydrogens (tertiary/aromatic N) is 1. The lowest BCUT2D eigenvalue weighted by Crippen LogP contribution is -2.37. The van der Waals surface area contributed by atoms with Gasteiger partial charge in [-0.2, -0.15) is 0 Å². The third kappa shape index (κ3) is 3.43. The van der Waals surface area contributed by atoms with Crippen LogP contribution in [0.2, 0.25) is 0 Å². The third-order valence-corrected chi connectivity index (χ3v) is 3.50. The Labute approximate surface area is 104 Å². The molecule has 1 rings (SSSR count). The summed E-state index contributed by atoms with van der Waals surface area (Å²) >= 11 is 0. The van der Waals surface area contributed by atoms with Crippen molar-refractivity contribution in [2.45, 2.75) is 40.7 Å². The first-order valence-electron chi connectivity index (χ1n) is 6.22. The van der Waals surface area contributed by atoms with Crippen molar-refractivity contribution in [2.24, 2.45) is 5.92 Å². The number of hydrogen-bond donors (Lipinski definition) is 1. The summed E-state index contributed by atoms with van der Waals surface area (Å²) in [4.78, 5) is 17.4. The maximum atomic E-state index is 12.2. The van der Waals surface area contributed by atoms with Crippen LogP contribution in [0.25, 0.3) is 0 Å². The molecule has 0 aliphatic carbocycles. The first kappa shape index (κ1) is 14.0. The quantitative estimate of drug-likeness (QED) is 0.798. The zero-order valence-electron chi connectivity index (χ0n) is 11.8. The zero-order chi connectivity index (χ0) is 13.2. The Morgan fingerprint density at radius 1 is 1.35 bits per heavy atom. The number of nitrogens with one attached hydrogen (secondary N) is 1. The molecule has 17 heavy (non-hydrogen) atoms. The van der Waals surface area contributed by atoms with Crippen LogP contribution in [-0.4, -0.2) is 35.3 Å². The predicted molar refractivity (Wildman–Crippen MR) is 71.5 cm³/mol. The SMILES string of the molecule is Cc1cc(C(=O)CN(C)C(C)C(C)C)c(C)[nH]1. The van der Waals surface area contributed by atoms with E-state index >= 15 is 0 Å². The lowest BCUT2D eigenvalue weighted by atomic mass is 10.0. The Morgan fingerprint density at radius 3 is 2.35 bits per heavy atom. The molecule has 0 aliphatic rings. The third-order valence-electron chi connectivity index (χ3n) is 3.50. The molecule has 1 unspecified atom stereocenters. The molecule has 0 aliphatic heterocycles. The molecular formula is C14H24N2O. The highest BCUT2D eigenvalue weighted by Gasteiger charge is 2.18. The molecule has 0 aromatic carbocycles. The fourth-order valence-corrected chi connectivity index (χ4v) is 1.98. The van der Waals surface area contributed by atoms with Crippen molar-refractivity contribution in [3.05, 3.63) is 23.0 Å². The molecule has 0 saturated heterocycles. The van der Waals surface area contributed by atoms with Crippen LogP contribution in [0.1, 0.15) is 42.5 Å². The van der Waals surface area contributed by atoms with E-state index in [2.05, 4.69) is 30.7 Å². The molecule has 96 valence electrons. The van der Waals surface area contributed by atoms with Gasteiger partial charge in [-0.25, -0.2) is 0 Å². The lowest BCUT2D eigenvalue weighted by molar-refractivity contribution is 0.0906. The first-order valence-corrected chi connectivity index (χ1v) is 6.22. The zero-order valence-corrected chi connectivity index (χ0v) is 11.8. The number of carbonyl (C=O) groups is 1. The van der Waals surface area contributed by atoms with E-state index in [0.717, 1.165) is 17.0 Å². The number of aryl methyl sites for hydroxylation is 2. The van der Waals surface area contributed by atoms with Crippen molar-refractivity contribution in [2.75, 3.05) is 13.6 Å². The Balaban J connectivity index is 2.70. The van der Waals surface area contributed by atoms with E-state index in [9.17, 15) is 4.79 Å². The molecule has 1 atom stereocenters. The number of hydrogen-bond acceptors (Lipinski definition) is 2. The number of aromatic amines is 1. The molecule has 0 bridgehead atoms. The van der Waals surface area contributed by atoms with E-state index < -0.39 is 0 Å². The van der Waals surface area contributed by atoms with Crippen LogP contribution in [0, 0.1) is 19.8 Å². The number of rotatable bonds is 5. The van der Waals surface area contributed by atoms with Gasteiger partial charge in [0.1, 0.15) is 0 Å². The molecular weight excluding hydrogens is 212 g/mol. The highest BCUT2D eigenvalue weighted by molar-refractivity contribution is 5.98. The Hall–Kier alpha value is -1.09. The molecule has 0 fully saturated rings. The van der Waals surface area contributed by atoms with Crippen molar-refractivity contribution in [1.82, 2.24) is 9.88 Å². The second-order valence-electron chi connectivity index (χ2n) is 5.31. The Kier molecular flexibility index (Phi) is 4.52. The van der Waals surface area contributed by atoms with Gasteiger partial charge in [-0.1, -0.05) is 13.8 Å². The van der Waals surface area contributed by atoms with Crippen molar-refractivity contribution >= 4 is 5.78 Å². The standard InChI is InChI=1S/C14H24N2O/c1-9(2)12(5)16(6)8-14(17)13-7-10(3)15-11(13)4/h7,9,12,15H,8H2,1-6H3. The minimum Gasteiger partial charge on any atom is -0.362 e. The predicted octanol–water partition coefficient (Wildman–Crippen LogP) is 2.79. The Morgan fingerprint density at radius 2 is 1.94 bits per heavy atom. The molecule has 1 heterocycles. The van der Waals surface area contributed by atoms with Gasteiger partial charge in [-0.15, -0.1) is 0 Å². The van der Waals surface area contributed by atoms with Crippen LogP contribution in [-0.2, 0) is 0 Å². The second kappa shape index (κ2) is 5.50. The molecule has 0 amide bonds. The topological polar surface area (TPSA) is 36.1 Å². The molecule has 1 aromatic heterocycles. The van der Waals surface area contributed by atoms with Crippen LogP contribution >= 0.6 is 0 Å². The second-order valence-corrected chi connectivity index (χ2v) is 5.31. The maximum absolute atomic E-state index is 12.2.